The molecular weight excluding hydrogens is 256 g/mol. The summed E-state index contributed by atoms with van der Waals surface area (Å²) in [6, 6.07) is 6.94. The number of hydrogen-bond donors (Lipinski definition) is 2. The Morgan fingerprint density at radius 2 is 1.85 bits per heavy atom. The number of benzene rings is 1. The summed E-state index contributed by atoms with van der Waals surface area (Å²) in [7, 11) is 1.34. The van der Waals surface area contributed by atoms with Gasteiger partial charge in [0.1, 0.15) is 0 Å². The molecule has 0 saturated heterocycles. The minimum atomic E-state index is -0.370. The highest BCUT2D eigenvalue weighted by Crippen LogP contribution is 2.08. The molecule has 0 aromatic heterocycles. The van der Waals surface area contributed by atoms with Gasteiger partial charge in [0.25, 0.3) is 0 Å². The third-order valence-electron chi connectivity index (χ3n) is 2.86. The van der Waals surface area contributed by atoms with Gasteiger partial charge in [0.2, 0.25) is 5.91 Å². The third kappa shape index (κ3) is 5.84. The van der Waals surface area contributed by atoms with Gasteiger partial charge in [0.05, 0.1) is 12.7 Å². The van der Waals surface area contributed by atoms with E-state index in [4.69, 9.17) is 5.73 Å². The first-order valence-electron chi connectivity index (χ1n) is 6.54. The van der Waals surface area contributed by atoms with Crippen molar-refractivity contribution in [1.82, 2.24) is 5.32 Å². The number of amides is 1. The fraction of sp³-hybridized carbons (Fsp3) is 0.467. The number of rotatable bonds is 6. The molecule has 0 heterocycles. The van der Waals surface area contributed by atoms with Crippen LogP contribution in [0.2, 0.25) is 0 Å². The van der Waals surface area contributed by atoms with Crippen molar-refractivity contribution < 1.29 is 14.3 Å². The van der Waals surface area contributed by atoms with E-state index in [9.17, 15) is 9.59 Å². The van der Waals surface area contributed by atoms with Gasteiger partial charge in [-0.1, -0.05) is 12.1 Å². The summed E-state index contributed by atoms with van der Waals surface area (Å²) >= 11 is 0. The van der Waals surface area contributed by atoms with Crippen molar-refractivity contribution in [2.45, 2.75) is 38.8 Å². The van der Waals surface area contributed by atoms with Crippen LogP contribution >= 0.6 is 0 Å². The topological polar surface area (TPSA) is 81.4 Å². The lowest BCUT2D eigenvalue weighted by atomic mass is 10.00. The van der Waals surface area contributed by atoms with Crippen molar-refractivity contribution in [2.75, 3.05) is 7.11 Å². The molecule has 20 heavy (non-hydrogen) atoms. The zero-order chi connectivity index (χ0) is 15.2. The van der Waals surface area contributed by atoms with Crippen molar-refractivity contribution in [2.24, 2.45) is 5.73 Å². The SMILES string of the molecule is COC(=O)c1ccc(CNC(=O)CCC(C)(C)N)cc1. The number of nitrogens with two attached hydrogens (primary N) is 1. The van der Waals surface area contributed by atoms with E-state index >= 15 is 0 Å². The number of carbonyl (C=O) groups excluding carboxylic acids is 2. The second kappa shape index (κ2) is 7.05. The first-order chi connectivity index (χ1) is 9.31. The summed E-state index contributed by atoms with van der Waals surface area (Å²) in [6.45, 7) is 4.23. The molecule has 0 bridgehead atoms. The molecule has 1 aromatic carbocycles. The molecule has 1 rings (SSSR count). The number of methoxy groups -OCH3 is 1. The summed E-state index contributed by atoms with van der Waals surface area (Å²) in [5.74, 6) is -0.397. The Bertz CT molecular complexity index is 461. The minimum Gasteiger partial charge on any atom is -0.465 e. The highest BCUT2D eigenvalue weighted by molar-refractivity contribution is 5.89. The molecule has 0 unspecified atom stereocenters. The summed E-state index contributed by atoms with van der Waals surface area (Å²) in [6.07, 6.45) is 1.05. The largest absolute Gasteiger partial charge is 0.465 e. The summed E-state index contributed by atoms with van der Waals surface area (Å²) in [5, 5.41) is 2.82. The van der Waals surface area contributed by atoms with Crippen LogP contribution in [-0.2, 0) is 16.1 Å². The number of ether oxygens (including phenoxy) is 1. The smallest absolute Gasteiger partial charge is 0.337 e. The lowest BCUT2D eigenvalue weighted by Gasteiger charge is -2.17. The van der Waals surface area contributed by atoms with E-state index in [2.05, 4.69) is 10.1 Å². The predicted molar refractivity (Wildman–Crippen MR) is 77.1 cm³/mol. The van der Waals surface area contributed by atoms with E-state index in [1.54, 1.807) is 24.3 Å². The molecule has 110 valence electrons. The Hall–Kier alpha value is -1.88. The zero-order valence-electron chi connectivity index (χ0n) is 12.2. The van der Waals surface area contributed by atoms with Gasteiger partial charge in [-0.05, 0) is 38.0 Å². The number of hydrogen-bond acceptors (Lipinski definition) is 4. The molecule has 5 heteroatoms. The standard InChI is InChI=1S/C15H22N2O3/c1-15(2,16)9-8-13(18)17-10-11-4-6-12(7-5-11)14(19)20-3/h4-7H,8-10,16H2,1-3H3,(H,17,18). The Morgan fingerprint density at radius 1 is 1.25 bits per heavy atom. The maximum absolute atomic E-state index is 11.6. The zero-order valence-corrected chi connectivity index (χ0v) is 12.2. The molecule has 5 nitrogen and oxygen atoms in total. The average Bonchev–Trinajstić information content (AvgIpc) is 2.41. The molecule has 0 atom stereocenters. The molecule has 0 fully saturated rings. The molecule has 0 radical (unpaired) electrons. The summed E-state index contributed by atoms with van der Waals surface area (Å²) in [5.41, 5.74) is 6.91. The number of esters is 1. The van der Waals surface area contributed by atoms with Crippen molar-refractivity contribution in [1.29, 1.82) is 0 Å². The second-order valence-corrected chi connectivity index (χ2v) is 5.45. The fourth-order valence-electron chi connectivity index (χ4n) is 1.60. The fourth-order valence-corrected chi connectivity index (χ4v) is 1.60. The van der Waals surface area contributed by atoms with Crippen LogP contribution in [0.1, 0.15) is 42.6 Å². The Balaban J connectivity index is 2.42. The van der Waals surface area contributed by atoms with Crippen molar-refractivity contribution in [3.63, 3.8) is 0 Å². The normalized spacial score (nSPS) is 11.0. The summed E-state index contributed by atoms with van der Waals surface area (Å²) < 4.78 is 4.62. The molecule has 1 aromatic rings. The Labute approximate surface area is 119 Å². The van der Waals surface area contributed by atoms with E-state index < -0.39 is 0 Å². The maximum Gasteiger partial charge on any atom is 0.337 e. The van der Waals surface area contributed by atoms with Gasteiger partial charge in [-0.25, -0.2) is 4.79 Å². The molecule has 0 aliphatic heterocycles. The van der Waals surface area contributed by atoms with Gasteiger partial charge in [-0.3, -0.25) is 4.79 Å². The van der Waals surface area contributed by atoms with Crippen LogP contribution in [0.15, 0.2) is 24.3 Å². The predicted octanol–water partition coefficient (Wildman–Crippen LogP) is 1.61. The lowest BCUT2D eigenvalue weighted by Crippen LogP contribution is -2.34. The first kappa shape index (κ1) is 16.2. The van der Waals surface area contributed by atoms with E-state index in [1.807, 2.05) is 13.8 Å². The van der Waals surface area contributed by atoms with Gasteiger partial charge in [0, 0.05) is 18.5 Å². The molecule has 1 amide bonds. The van der Waals surface area contributed by atoms with Crippen LogP contribution in [0, 0.1) is 0 Å². The summed E-state index contributed by atoms with van der Waals surface area (Å²) in [4.78, 5) is 22.9. The van der Waals surface area contributed by atoms with Crippen molar-refractivity contribution in [3.8, 4) is 0 Å². The van der Waals surface area contributed by atoms with Crippen LogP contribution in [0.4, 0.5) is 0 Å². The highest BCUT2D eigenvalue weighted by atomic mass is 16.5. The van der Waals surface area contributed by atoms with Crippen molar-refractivity contribution >= 4 is 11.9 Å². The van der Waals surface area contributed by atoms with Gasteiger partial charge >= 0.3 is 5.97 Å². The van der Waals surface area contributed by atoms with Gasteiger partial charge in [-0.15, -0.1) is 0 Å². The van der Waals surface area contributed by atoms with E-state index in [0.29, 0.717) is 24.9 Å². The second-order valence-electron chi connectivity index (χ2n) is 5.45. The van der Waals surface area contributed by atoms with E-state index in [0.717, 1.165) is 5.56 Å². The molecule has 3 N–H and O–H groups in total. The molecule has 0 saturated carbocycles. The van der Waals surface area contributed by atoms with Crippen LogP contribution in [0.25, 0.3) is 0 Å². The molecular formula is C15H22N2O3. The molecule has 0 aliphatic carbocycles. The molecule has 0 spiro atoms. The minimum absolute atomic E-state index is 0.0273. The monoisotopic (exact) mass is 278 g/mol. The maximum atomic E-state index is 11.6. The highest BCUT2D eigenvalue weighted by Gasteiger charge is 2.13. The van der Waals surface area contributed by atoms with Crippen LogP contribution < -0.4 is 11.1 Å². The molecule has 0 aliphatic rings. The Morgan fingerprint density at radius 3 is 2.35 bits per heavy atom. The third-order valence-corrected chi connectivity index (χ3v) is 2.86. The Kier molecular flexibility index (Phi) is 5.70. The van der Waals surface area contributed by atoms with Crippen molar-refractivity contribution in [3.05, 3.63) is 35.4 Å². The quantitative estimate of drug-likeness (QED) is 0.775. The average molecular weight is 278 g/mol. The first-order valence-corrected chi connectivity index (χ1v) is 6.54. The van der Waals surface area contributed by atoms with Crippen LogP contribution in [0.3, 0.4) is 0 Å². The van der Waals surface area contributed by atoms with Gasteiger partial charge < -0.3 is 15.8 Å². The van der Waals surface area contributed by atoms with E-state index in [-0.39, 0.29) is 17.4 Å². The van der Waals surface area contributed by atoms with E-state index in [1.165, 1.54) is 7.11 Å². The van der Waals surface area contributed by atoms with Crippen LogP contribution in [0.5, 0.6) is 0 Å². The van der Waals surface area contributed by atoms with Gasteiger partial charge in [-0.2, -0.15) is 0 Å². The van der Waals surface area contributed by atoms with Gasteiger partial charge in [0.15, 0.2) is 0 Å². The number of nitrogens with one attached hydrogen (secondary N) is 1. The van der Waals surface area contributed by atoms with Crippen LogP contribution in [-0.4, -0.2) is 24.5 Å². The number of carbonyl (C=O) groups is 2. The lowest BCUT2D eigenvalue weighted by molar-refractivity contribution is -0.121.